The Labute approximate surface area is 115 Å². The zero-order chi connectivity index (χ0) is 14.0. The number of carbonyl (C=O) groups excluding carboxylic acids is 1. The second kappa shape index (κ2) is 5.28. The van der Waals surface area contributed by atoms with E-state index in [-0.39, 0.29) is 11.3 Å². The fourth-order valence-electron chi connectivity index (χ4n) is 1.75. The van der Waals surface area contributed by atoms with Gasteiger partial charge < -0.3 is 9.73 Å². The summed E-state index contributed by atoms with van der Waals surface area (Å²) in [6.45, 7) is 2.96. The van der Waals surface area contributed by atoms with Crippen molar-refractivity contribution in [1.29, 1.82) is 0 Å². The van der Waals surface area contributed by atoms with Crippen LogP contribution >= 0.6 is 11.6 Å². The fourth-order valence-corrected chi connectivity index (χ4v) is 1.93. The molecule has 0 aliphatic rings. The van der Waals surface area contributed by atoms with Gasteiger partial charge in [0.1, 0.15) is 11.3 Å². The van der Waals surface area contributed by atoms with Gasteiger partial charge in [-0.2, -0.15) is 0 Å². The Balaban J connectivity index is 2.54. The zero-order valence-electron chi connectivity index (χ0n) is 10.5. The third-order valence-corrected chi connectivity index (χ3v) is 2.90. The molecule has 5 heteroatoms. The molecule has 0 radical (unpaired) electrons. The predicted octanol–water partition coefficient (Wildman–Crippen LogP) is 3.55. The maximum absolute atomic E-state index is 11.7. The number of anilines is 2. The van der Waals surface area contributed by atoms with Gasteiger partial charge in [-0.1, -0.05) is 23.7 Å². The number of benzene rings is 1. The monoisotopic (exact) mass is 277 g/mol. The molecule has 2 aromatic rings. The van der Waals surface area contributed by atoms with E-state index in [9.17, 15) is 9.59 Å². The molecule has 0 aliphatic carbocycles. The Morgan fingerprint density at radius 2 is 1.95 bits per heavy atom. The summed E-state index contributed by atoms with van der Waals surface area (Å²) in [6.07, 6.45) is 0. The van der Waals surface area contributed by atoms with Crippen LogP contribution < -0.4 is 10.9 Å². The molecule has 4 nitrogen and oxygen atoms in total. The van der Waals surface area contributed by atoms with Crippen molar-refractivity contribution >= 4 is 28.8 Å². The summed E-state index contributed by atoms with van der Waals surface area (Å²) in [7, 11) is 0. The molecule has 0 spiro atoms. The van der Waals surface area contributed by atoms with E-state index in [0.717, 1.165) is 0 Å². The second-order valence-electron chi connectivity index (χ2n) is 4.09. The highest BCUT2D eigenvalue weighted by Crippen LogP contribution is 2.26. The van der Waals surface area contributed by atoms with Gasteiger partial charge in [-0.25, -0.2) is 4.79 Å². The van der Waals surface area contributed by atoms with Gasteiger partial charge in [0.05, 0.1) is 16.4 Å². The number of ketones is 1. The van der Waals surface area contributed by atoms with E-state index in [1.165, 1.54) is 6.92 Å². The first-order chi connectivity index (χ1) is 8.99. The van der Waals surface area contributed by atoms with Crippen LogP contribution in [0.25, 0.3) is 0 Å². The fraction of sp³-hybridized carbons (Fsp3) is 0.143. The average Bonchev–Trinajstić information content (AvgIpc) is 2.30. The topological polar surface area (TPSA) is 59.3 Å². The van der Waals surface area contributed by atoms with Crippen molar-refractivity contribution in [2.45, 2.75) is 13.8 Å². The third kappa shape index (κ3) is 2.85. The lowest BCUT2D eigenvalue weighted by Gasteiger charge is -2.11. The van der Waals surface area contributed by atoms with E-state index < -0.39 is 5.63 Å². The number of para-hydroxylation sites is 1. The van der Waals surface area contributed by atoms with E-state index in [4.69, 9.17) is 16.0 Å². The van der Waals surface area contributed by atoms with Crippen molar-refractivity contribution in [3.05, 3.63) is 57.1 Å². The Kier molecular flexibility index (Phi) is 3.71. The number of carbonyl (C=O) groups is 1. The summed E-state index contributed by atoms with van der Waals surface area (Å²) in [5, 5.41) is 3.49. The molecular formula is C14H12ClNO3. The largest absolute Gasteiger partial charge is 0.428 e. The third-order valence-electron chi connectivity index (χ3n) is 2.57. The van der Waals surface area contributed by atoms with Crippen LogP contribution in [0.2, 0.25) is 5.02 Å². The number of halogens is 1. The van der Waals surface area contributed by atoms with Crippen molar-refractivity contribution in [2.75, 3.05) is 5.32 Å². The standard InChI is InChI=1S/C14H12ClNO3/c1-8-7-12(13(9(2)17)14(18)19-8)16-11-6-4-3-5-10(11)15/h3-7,16H,1-2H3. The summed E-state index contributed by atoms with van der Waals surface area (Å²) >= 11 is 6.04. The smallest absolute Gasteiger partial charge is 0.348 e. The molecule has 1 heterocycles. The van der Waals surface area contributed by atoms with Gasteiger partial charge in [0, 0.05) is 6.07 Å². The Bertz CT molecular complexity index is 691. The van der Waals surface area contributed by atoms with Gasteiger partial charge in [-0.05, 0) is 26.0 Å². The highest BCUT2D eigenvalue weighted by Gasteiger charge is 2.15. The Morgan fingerprint density at radius 3 is 2.58 bits per heavy atom. The van der Waals surface area contributed by atoms with Crippen LogP contribution in [0, 0.1) is 6.92 Å². The van der Waals surface area contributed by atoms with Crippen LogP contribution in [0.5, 0.6) is 0 Å². The quantitative estimate of drug-likeness (QED) is 0.872. The number of aryl methyl sites for hydroxylation is 1. The lowest BCUT2D eigenvalue weighted by molar-refractivity contribution is 0.101. The number of nitrogens with one attached hydrogen (secondary N) is 1. The van der Waals surface area contributed by atoms with Crippen molar-refractivity contribution in [1.82, 2.24) is 0 Å². The lowest BCUT2D eigenvalue weighted by Crippen LogP contribution is -2.15. The summed E-state index contributed by atoms with van der Waals surface area (Å²) in [5.41, 5.74) is 0.360. The zero-order valence-corrected chi connectivity index (χ0v) is 11.2. The molecule has 1 aromatic heterocycles. The molecule has 0 saturated heterocycles. The molecule has 2 rings (SSSR count). The maximum Gasteiger partial charge on any atom is 0.348 e. The molecule has 0 unspecified atom stereocenters. The second-order valence-corrected chi connectivity index (χ2v) is 4.50. The number of Topliss-reactive ketones (excluding diaryl/α,β-unsaturated/α-hetero) is 1. The minimum absolute atomic E-state index is 0.00878. The number of hydrogen-bond acceptors (Lipinski definition) is 4. The highest BCUT2D eigenvalue weighted by atomic mass is 35.5. The van der Waals surface area contributed by atoms with E-state index >= 15 is 0 Å². The molecule has 1 aromatic carbocycles. The average molecular weight is 278 g/mol. The van der Waals surface area contributed by atoms with Gasteiger partial charge in [0.25, 0.3) is 0 Å². The minimum atomic E-state index is -0.651. The van der Waals surface area contributed by atoms with Crippen LogP contribution in [0.1, 0.15) is 23.0 Å². The molecule has 0 saturated carbocycles. The Hall–Kier alpha value is -2.07. The molecule has 0 atom stereocenters. The number of hydrogen-bond donors (Lipinski definition) is 1. The first kappa shape index (κ1) is 13.4. The van der Waals surface area contributed by atoms with Gasteiger partial charge in [-0.3, -0.25) is 4.79 Å². The molecular weight excluding hydrogens is 266 g/mol. The van der Waals surface area contributed by atoms with Crippen molar-refractivity contribution in [3.63, 3.8) is 0 Å². The van der Waals surface area contributed by atoms with Crippen molar-refractivity contribution in [3.8, 4) is 0 Å². The summed E-state index contributed by atoms with van der Waals surface area (Å²) < 4.78 is 4.93. The van der Waals surface area contributed by atoms with Crippen LogP contribution in [-0.2, 0) is 0 Å². The first-order valence-corrected chi connectivity index (χ1v) is 6.04. The Morgan fingerprint density at radius 1 is 1.26 bits per heavy atom. The number of rotatable bonds is 3. The summed E-state index contributed by atoms with van der Waals surface area (Å²) in [4.78, 5) is 23.3. The maximum atomic E-state index is 11.7. The normalized spacial score (nSPS) is 10.3. The molecule has 0 amide bonds. The summed E-state index contributed by atoms with van der Waals surface area (Å²) in [6, 6.07) is 8.68. The van der Waals surface area contributed by atoms with E-state index in [1.54, 1.807) is 37.3 Å². The SMILES string of the molecule is CC(=O)c1c(Nc2ccccc2Cl)cc(C)oc1=O. The van der Waals surface area contributed by atoms with Crippen LogP contribution in [0.3, 0.4) is 0 Å². The van der Waals surface area contributed by atoms with E-state index in [0.29, 0.717) is 22.2 Å². The molecule has 0 bridgehead atoms. The van der Waals surface area contributed by atoms with E-state index in [1.807, 2.05) is 0 Å². The molecule has 1 N–H and O–H groups in total. The summed E-state index contributed by atoms with van der Waals surface area (Å²) in [5.74, 6) is 0.0628. The van der Waals surface area contributed by atoms with Crippen molar-refractivity contribution < 1.29 is 9.21 Å². The van der Waals surface area contributed by atoms with E-state index in [2.05, 4.69) is 5.32 Å². The molecule has 19 heavy (non-hydrogen) atoms. The van der Waals surface area contributed by atoms with Crippen molar-refractivity contribution in [2.24, 2.45) is 0 Å². The molecule has 98 valence electrons. The molecule has 0 fully saturated rings. The predicted molar refractivity (Wildman–Crippen MR) is 74.5 cm³/mol. The first-order valence-electron chi connectivity index (χ1n) is 5.66. The highest BCUT2D eigenvalue weighted by molar-refractivity contribution is 6.33. The molecule has 0 aliphatic heterocycles. The van der Waals surface area contributed by atoms with Gasteiger partial charge in [0.15, 0.2) is 5.78 Å². The van der Waals surface area contributed by atoms with Crippen LogP contribution in [0.15, 0.2) is 39.5 Å². The van der Waals surface area contributed by atoms with Gasteiger partial charge >= 0.3 is 5.63 Å². The van der Waals surface area contributed by atoms with Crippen LogP contribution in [0.4, 0.5) is 11.4 Å². The van der Waals surface area contributed by atoms with Gasteiger partial charge in [-0.15, -0.1) is 0 Å². The minimum Gasteiger partial charge on any atom is -0.428 e. The lowest BCUT2D eigenvalue weighted by atomic mass is 10.1. The van der Waals surface area contributed by atoms with Crippen LogP contribution in [-0.4, -0.2) is 5.78 Å². The van der Waals surface area contributed by atoms with Gasteiger partial charge in [0.2, 0.25) is 0 Å².